The molecule has 1 aliphatic rings. The number of hydrogen-bond acceptors (Lipinski definition) is 3. The normalized spacial score (nSPS) is 20.7. The average Bonchev–Trinajstić information content (AvgIpc) is 2.61. The van der Waals surface area contributed by atoms with Gasteiger partial charge in [-0.15, -0.1) is 0 Å². The van der Waals surface area contributed by atoms with Gasteiger partial charge in [-0.1, -0.05) is 0 Å². The van der Waals surface area contributed by atoms with Gasteiger partial charge in [0, 0.05) is 37.6 Å². The SMILES string of the molecule is CC1(C)CN(Cc2nccn2CC(F)(F)F)CCN1. The van der Waals surface area contributed by atoms with Crippen LogP contribution < -0.4 is 5.32 Å². The largest absolute Gasteiger partial charge is 0.406 e. The molecule has 0 radical (unpaired) electrons. The summed E-state index contributed by atoms with van der Waals surface area (Å²) in [6.07, 6.45) is -1.40. The molecular weight excluding hydrogens is 257 g/mol. The van der Waals surface area contributed by atoms with Crippen molar-refractivity contribution in [2.24, 2.45) is 0 Å². The number of piperazine rings is 1. The predicted octanol–water partition coefficient (Wildman–Crippen LogP) is 1.63. The average molecular weight is 276 g/mol. The minimum absolute atomic E-state index is 0.0142. The molecule has 2 heterocycles. The van der Waals surface area contributed by atoms with Crippen LogP contribution in [-0.2, 0) is 13.1 Å². The Hall–Kier alpha value is -1.08. The van der Waals surface area contributed by atoms with Gasteiger partial charge in [0.2, 0.25) is 0 Å². The van der Waals surface area contributed by atoms with Crippen LogP contribution in [0.25, 0.3) is 0 Å². The van der Waals surface area contributed by atoms with Crippen LogP contribution in [-0.4, -0.2) is 45.8 Å². The lowest BCUT2D eigenvalue weighted by Gasteiger charge is -2.39. The number of hydrogen-bond donors (Lipinski definition) is 1. The van der Waals surface area contributed by atoms with E-state index in [9.17, 15) is 13.2 Å². The van der Waals surface area contributed by atoms with E-state index in [1.807, 2.05) is 0 Å². The van der Waals surface area contributed by atoms with Gasteiger partial charge in [-0.2, -0.15) is 13.2 Å². The Bertz CT molecular complexity index is 425. The Morgan fingerprint density at radius 1 is 1.42 bits per heavy atom. The maximum absolute atomic E-state index is 12.4. The van der Waals surface area contributed by atoms with Gasteiger partial charge >= 0.3 is 6.18 Å². The van der Waals surface area contributed by atoms with E-state index in [0.717, 1.165) is 19.6 Å². The van der Waals surface area contributed by atoms with Gasteiger partial charge in [-0.05, 0) is 13.8 Å². The molecule has 0 aliphatic carbocycles. The Morgan fingerprint density at radius 3 is 2.79 bits per heavy atom. The van der Waals surface area contributed by atoms with Crippen LogP contribution in [0.3, 0.4) is 0 Å². The summed E-state index contributed by atoms with van der Waals surface area (Å²) < 4.78 is 38.5. The highest BCUT2D eigenvalue weighted by Crippen LogP contribution is 2.19. The first-order valence-corrected chi connectivity index (χ1v) is 6.29. The maximum Gasteiger partial charge on any atom is 0.406 e. The Balaban J connectivity index is 2.01. The van der Waals surface area contributed by atoms with Gasteiger partial charge in [-0.25, -0.2) is 4.98 Å². The van der Waals surface area contributed by atoms with E-state index in [-0.39, 0.29) is 5.54 Å². The number of rotatable bonds is 3. The first-order valence-electron chi connectivity index (χ1n) is 6.29. The van der Waals surface area contributed by atoms with E-state index in [4.69, 9.17) is 0 Å². The predicted molar refractivity (Wildman–Crippen MR) is 65.6 cm³/mol. The zero-order chi connectivity index (χ0) is 14.1. The molecule has 1 aromatic rings. The van der Waals surface area contributed by atoms with Crippen LogP contribution in [0.4, 0.5) is 13.2 Å². The molecule has 1 saturated heterocycles. The summed E-state index contributed by atoms with van der Waals surface area (Å²) in [6.45, 7) is 6.11. The highest BCUT2D eigenvalue weighted by Gasteiger charge is 2.30. The van der Waals surface area contributed by atoms with Gasteiger partial charge < -0.3 is 9.88 Å². The van der Waals surface area contributed by atoms with Gasteiger partial charge in [0.1, 0.15) is 12.4 Å². The van der Waals surface area contributed by atoms with Crippen LogP contribution in [0, 0.1) is 0 Å². The first-order chi connectivity index (χ1) is 8.75. The van der Waals surface area contributed by atoms with Crippen LogP contribution in [0.2, 0.25) is 0 Å². The standard InChI is InChI=1S/C12H19F3N4/c1-11(2)8-18(5-4-17-11)7-10-16-3-6-19(10)9-12(13,14)15/h3,6,17H,4-5,7-9H2,1-2H3. The van der Waals surface area contributed by atoms with E-state index in [1.165, 1.54) is 17.0 Å². The van der Waals surface area contributed by atoms with Crippen molar-refractivity contribution in [1.29, 1.82) is 0 Å². The minimum Gasteiger partial charge on any atom is -0.325 e. The fourth-order valence-electron chi connectivity index (χ4n) is 2.41. The topological polar surface area (TPSA) is 33.1 Å². The van der Waals surface area contributed by atoms with Crippen LogP contribution in [0.15, 0.2) is 12.4 Å². The molecule has 1 N–H and O–H groups in total. The fraction of sp³-hybridized carbons (Fsp3) is 0.750. The van der Waals surface area contributed by atoms with Gasteiger partial charge in [0.15, 0.2) is 0 Å². The molecular formula is C12H19F3N4. The summed E-state index contributed by atoms with van der Waals surface area (Å²) in [4.78, 5) is 6.17. The van der Waals surface area contributed by atoms with Crippen molar-refractivity contribution in [2.75, 3.05) is 19.6 Å². The maximum atomic E-state index is 12.4. The van der Waals surface area contributed by atoms with Crippen molar-refractivity contribution < 1.29 is 13.2 Å². The number of halogens is 3. The molecule has 0 unspecified atom stereocenters. The number of imidazole rings is 1. The number of nitrogens with zero attached hydrogens (tertiary/aromatic N) is 3. The molecule has 0 atom stereocenters. The van der Waals surface area contributed by atoms with Crippen LogP contribution >= 0.6 is 0 Å². The molecule has 1 aromatic heterocycles. The molecule has 0 saturated carbocycles. The number of alkyl halides is 3. The summed E-state index contributed by atoms with van der Waals surface area (Å²) in [7, 11) is 0. The highest BCUT2D eigenvalue weighted by molar-refractivity contribution is 4.96. The monoisotopic (exact) mass is 276 g/mol. The highest BCUT2D eigenvalue weighted by atomic mass is 19.4. The van der Waals surface area contributed by atoms with Gasteiger partial charge in [-0.3, -0.25) is 4.90 Å². The van der Waals surface area contributed by atoms with Crippen molar-refractivity contribution in [2.45, 2.75) is 38.7 Å². The lowest BCUT2D eigenvalue weighted by atomic mass is 10.0. The lowest BCUT2D eigenvalue weighted by Crippen LogP contribution is -2.56. The third-order valence-electron chi connectivity index (χ3n) is 3.17. The summed E-state index contributed by atoms with van der Waals surface area (Å²) in [5.74, 6) is 0.468. The second kappa shape index (κ2) is 5.13. The van der Waals surface area contributed by atoms with Crippen molar-refractivity contribution >= 4 is 0 Å². The molecule has 0 spiro atoms. The summed E-state index contributed by atoms with van der Waals surface area (Å²) in [6, 6.07) is 0. The molecule has 0 bridgehead atoms. The van der Waals surface area contributed by atoms with Crippen LogP contribution in [0.5, 0.6) is 0 Å². The Labute approximate surface area is 110 Å². The fourth-order valence-corrected chi connectivity index (χ4v) is 2.41. The molecule has 1 fully saturated rings. The van der Waals surface area contributed by atoms with Crippen molar-refractivity contribution in [3.63, 3.8) is 0 Å². The molecule has 4 nitrogen and oxygen atoms in total. The van der Waals surface area contributed by atoms with Crippen molar-refractivity contribution in [3.8, 4) is 0 Å². The second-order valence-electron chi connectivity index (χ2n) is 5.61. The van der Waals surface area contributed by atoms with E-state index in [1.54, 1.807) is 0 Å². The van der Waals surface area contributed by atoms with Gasteiger partial charge in [0.25, 0.3) is 0 Å². The minimum atomic E-state index is -4.21. The van der Waals surface area contributed by atoms with E-state index < -0.39 is 12.7 Å². The molecule has 1 aliphatic heterocycles. The van der Waals surface area contributed by atoms with E-state index in [2.05, 4.69) is 29.0 Å². The number of nitrogens with one attached hydrogen (secondary N) is 1. The molecule has 0 amide bonds. The second-order valence-corrected chi connectivity index (χ2v) is 5.61. The van der Waals surface area contributed by atoms with Crippen LogP contribution in [0.1, 0.15) is 19.7 Å². The van der Waals surface area contributed by atoms with E-state index in [0.29, 0.717) is 12.4 Å². The zero-order valence-electron chi connectivity index (χ0n) is 11.2. The zero-order valence-corrected chi connectivity index (χ0v) is 11.2. The molecule has 7 heteroatoms. The Morgan fingerprint density at radius 2 is 2.16 bits per heavy atom. The third kappa shape index (κ3) is 4.21. The molecule has 2 rings (SSSR count). The molecule has 0 aromatic carbocycles. The molecule has 19 heavy (non-hydrogen) atoms. The third-order valence-corrected chi connectivity index (χ3v) is 3.17. The summed E-state index contributed by atoms with van der Waals surface area (Å²) in [5, 5.41) is 3.37. The summed E-state index contributed by atoms with van der Waals surface area (Å²) >= 11 is 0. The van der Waals surface area contributed by atoms with Crippen molar-refractivity contribution in [1.82, 2.24) is 19.8 Å². The lowest BCUT2D eigenvalue weighted by molar-refractivity contribution is -0.141. The molecule has 108 valence electrons. The first kappa shape index (κ1) is 14.3. The Kier molecular flexibility index (Phi) is 3.87. The summed E-state index contributed by atoms with van der Waals surface area (Å²) in [5.41, 5.74) is -0.0142. The smallest absolute Gasteiger partial charge is 0.325 e. The van der Waals surface area contributed by atoms with Crippen molar-refractivity contribution in [3.05, 3.63) is 18.2 Å². The van der Waals surface area contributed by atoms with E-state index >= 15 is 0 Å². The van der Waals surface area contributed by atoms with Gasteiger partial charge in [0.05, 0.1) is 6.54 Å². The quantitative estimate of drug-likeness (QED) is 0.911. The number of aromatic nitrogens is 2.